The van der Waals surface area contributed by atoms with Gasteiger partial charge >= 0.3 is 0 Å². The first kappa shape index (κ1) is 13.9. The molecule has 0 saturated heterocycles. The van der Waals surface area contributed by atoms with Gasteiger partial charge in [0.05, 0.1) is 5.60 Å². The maximum Gasteiger partial charge on any atom is 0.0619 e. The standard InChI is InChI=1S/C12H27NO/c1-9(8-13(6)7)10(2)11(3)12(4,5)14/h9-11,14H,8H2,1-7H3. The molecule has 0 saturated carbocycles. The second-order valence-electron chi connectivity index (χ2n) is 5.54. The minimum Gasteiger partial charge on any atom is -0.390 e. The lowest BCUT2D eigenvalue weighted by molar-refractivity contribution is -0.0113. The van der Waals surface area contributed by atoms with Crippen LogP contribution in [0.25, 0.3) is 0 Å². The Labute approximate surface area is 89.3 Å². The van der Waals surface area contributed by atoms with E-state index in [0.29, 0.717) is 17.8 Å². The normalized spacial score (nSPS) is 19.5. The van der Waals surface area contributed by atoms with Gasteiger partial charge in [-0.15, -0.1) is 0 Å². The predicted molar refractivity (Wildman–Crippen MR) is 62.3 cm³/mol. The molecular formula is C12H27NO. The molecule has 0 aromatic rings. The quantitative estimate of drug-likeness (QED) is 0.737. The third-order valence-electron chi connectivity index (χ3n) is 3.45. The molecule has 2 heteroatoms. The summed E-state index contributed by atoms with van der Waals surface area (Å²) in [6.45, 7) is 11.5. The summed E-state index contributed by atoms with van der Waals surface area (Å²) in [6.07, 6.45) is 0. The lowest BCUT2D eigenvalue weighted by Crippen LogP contribution is -2.38. The van der Waals surface area contributed by atoms with Gasteiger partial charge in [-0.2, -0.15) is 0 Å². The molecule has 0 aromatic heterocycles. The molecule has 3 unspecified atom stereocenters. The van der Waals surface area contributed by atoms with Crippen LogP contribution in [0.2, 0.25) is 0 Å². The van der Waals surface area contributed by atoms with Crippen molar-refractivity contribution in [1.29, 1.82) is 0 Å². The van der Waals surface area contributed by atoms with Crippen molar-refractivity contribution in [2.75, 3.05) is 20.6 Å². The van der Waals surface area contributed by atoms with Crippen molar-refractivity contribution in [2.45, 2.75) is 40.2 Å². The maximum absolute atomic E-state index is 9.93. The van der Waals surface area contributed by atoms with Crippen molar-refractivity contribution in [1.82, 2.24) is 4.90 Å². The molecule has 0 fully saturated rings. The number of hydrogen-bond donors (Lipinski definition) is 1. The highest BCUT2D eigenvalue weighted by Crippen LogP contribution is 2.29. The summed E-state index contributed by atoms with van der Waals surface area (Å²) >= 11 is 0. The summed E-state index contributed by atoms with van der Waals surface area (Å²) in [5.41, 5.74) is -0.569. The number of hydrogen-bond acceptors (Lipinski definition) is 2. The second kappa shape index (κ2) is 5.13. The van der Waals surface area contributed by atoms with Gasteiger partial charge in [-0.3, -0.25) is 0 Å². The molecule has 1 N–H and O–H groups in total. The third-order valence-corrected chi connectivity index (χ3v) is 3.45. The molecule has 0 heterocycles. The van der Waals surface area contributed by atoms with Crippen LogP contribution in [0.15, 0.2) is 0 Å². The fourth-order valence-electron chi connectivity index (χ4n) is 1.88. The topological polar surface area (TPSA) is 23.5 Å². The summed E-state index contributed by atoms with van der Waals surface area (Å²) in [5.74, 6) is 1.49. The van der Waals surface area contributed by atoms with E-state index < -0.39 is 5.60 Å². The lowest BCUT2D eigenvalue weighted by Gasteiger charge is -2.35. The van der Waals surface area contributed by atoms with E-state index in [4.69, 9.17) is 0 Å². The molecule has 0 radical (unpaired) electrons. The van der Waals surface area contributed by atoms with Gasteiger partial charge in [0, 0.05) is 6.54 Å². The minimum atomic E-state index is -0.569. The summed E-state index contributed by atoms with van der Waals surface area (Å²) in [7, 11) is 4.19. The lowest BCUT2D eigenvalue weighted by atomic mass is 9.76. The molecule has 0 aliphatic carbocycles. The molecule has 0 amide bonds. The minimum absolute atomic E-state index is 0.331. The zero-order valence-electron chi connectivity index (χ0n) is 10.8. The highest BCUT2D eigenvalue weighted by atomic mass is 16.3. The van der Waals surface area contributed by atoms with Crippen LogP contribution in [-0.4, -0.2) is 36.2 Å². The third kappa shape index (κ3) is 4.43. The smallest absolute Gasteiger partial charge is 0.0619 e. The zero-order valence-corrected chi connectivity index (χ0v) is 10.8. The van der Waals surface area contributed by atoms with Crippen LogP contribution in [0.3, 0.4) is 0 Å². The van der Waals surface area contributed by atoms with Crippen LogP contribution in [0.4, 0.5) is 0 Å². The first-order valence-electron chi connectivity index (χ1n) is 5.53. The SMILES string of the molecule is CC(CN(C)C)C(C)C(C)C(C)(C)O. The Kier molecular flexibility index (Phi) is 5.10. The van der Waals surface area contributed by atoms with Crippen LogP contribution in [0, 0.1) is 17.8 Å². The Hall–Kier alpha value is -0.0800. The fourth-order valence-corrected chi connectivity index (χ4v) is 1.88. The van der Waals surface area contributed by atoms with Crippen molar-refractivity contribution in [3.05, 3.63) is 0 Å². The molecule has 0 aliphatic rings. The molecule has 0 aromatic carbocycles. The maximum atomic E-state index is 9.93. The summed E-state index contributed by atoms with van der Waals surface area (Å²) < 4.78 is 0. The van der Waals surface area contributed by atoms with E-state index in [-0.39, 0.29) is 0 Å². The second-order valence-corrected chi connectivity index (χ2v) is 5.54. The molecule has 0 bridgehead atoms. The fraction of sp³-hybridized carbons (Fsp3) is 1.00. The van der Waals surface area contributed by atoms with E-state index in [1.54, 1.807) is 0 Å². The van der Waals surface area contributed by atoms with Crippen LogP contribution < -0.4 is 0 Å². The first-order valence-corrected chi connectivity index (χ1v) is 5.53. The average Bonchev–Trinajstić information content (AvgIpc) is 1.98. The van der Waals surface area contributed by atoms with Gasteiger partial charge in [-0.1, -0.05) is 20.8 Å². The molecule has 0 rings (SSSR count). The first-order chi connectivity index (χ1) is 6.16. The van der Waals surface area contributed by atoms with Gasteiger partial charge in [0.15, 0.2) is 0 Å². The molecule has 3 atom stereocenters. The van der Waals surface area contributed by atoms with Crippen LogP contribution >= 0.6 is 0 Å². The van der Waals surface area contributed by atoms with Gasteiger partial charge in [-0.05, 0) is 45.7 Å². The van der Waals surface area contributed by atoms with Gasteiger partial charge < -0.3 is 10.0 Å². The van der Waals surface area contributed by atoms with E-state index >= 15 is 0 Å². The van der Waals surface area contributed by atoms with Crippen molar-refractivity contribution >= 4 is 0 Å². The Morgan fingerprint density at radius 2 is 1.57 bits per heavy atom. The molecule has 2 nitrogen and oxygen atoms in total. The van der Waals surface area contributed by atoms with Gasteiger partial charge in [0.2, 0.25) is 0 Å². The number of aliphatic hydroxyl groups is 1. The Morgan fingerprint density at radius 3 is 1.86 bits per heavy atom. The van der Waals surface area contributed by atoms with Crippen LogP contribution in [0.1, 0.15) is 34.6 Å². The molecular weight excluding hydrogens is 174 g/mol. The zero-order chi connectivity index (χ0) is 11.5. The summed E-state index contributed by atoms with van der Waals surface area (Å²) in [4.78, 5) is 2.21. The molecule has 0 aliphatic heterocycles. The molecule has 0 spiro atoms. The summed E-state index contributed by atoms with van der Waals surface area (Å²) in [5, 5.41) is 9.93. The molecule has 14 heavy (non-hydrogen) atoms. The highest BCUT2D eigenvalue weighted by Gasteiger charge is 2.30. The largest absolute Gasteiger partial charge is 0.390 e. The van der Waals surface area contributed by atoms with Crippen molar-refractivity contribution < 1.29 is 5.11 Å². The summed E-state index contributed by atoms with van der Waals surface area (Å²) in [6, 6.07) is 0. The van der Waals surface area contributed by atoms with Crippen LogP contribution in [0.5, 0.6) is 0 Å². The van der Waals surface area contributed by atoms with Crippen LogP contribution in [-0.2, 0) is 0 Å². The van der Waals surface area contributed by atoms with Crippen molar-refractivity contribution in [2.24, 2.45) is 17.8 Å². The van der Waals surface area contributed by atoms with E-state index in [1.807, 2.05) is 13.8 Å². The van der Waals surface area contributed by atoms with E-state index in [0.717, 1.165) is 6.54 Å². The number of nitrogens with zero attached hydrogens (tertiary/aromatic N) is 1. The van der Waals surface area contributed by atoms with Crippen molar-refractivity contribution in [3.63, 3.8) is 0 Å². The number of rotatable bonds is 5. The Bertz CT molecular complexity index is 160. The average molecular weight is 201 g/mol. The highest BCUT2D eigenvalue weighted by molar-refractivity contribution is 4.81. The Balaban J connectivity index is 4.24. The monoisotopic (exact) mass is 201 g/mol. The van der Waals surface area contributed by atoms with E-state index in [9.17, 15) is 5.11 Å². The van der Waals surface area contributed by atoms with E-state index in [2.05, 4.69) is 39.8 Å². The van der Waals surface area contributed by atoms with Gasteiger partial charge in [-0.25, -0.2) is 0 Å². The molecule has 86 valence electrons. The van der Waals surface area contributed by atoms with Gasteiger partial charge in [0.1, 0.15) is 0 Å². The van der Waals surface area contributed by atoms with Gasteiger partial charge in [0.25, 0.3) is 0 Å². The Morgan fingerprint density at radius 1 is 1.14 bits per heavy atom. The van der Waals surface area contributed by atoms with E-state index in [1.165, 1.54) is 0 Å². The predicted octanol–water partition coefficient (Wildman–Crippen LogP) is 2.23. The van der Waals surface area contributed by atoms with Crippen molar-refractivity contribution in [3.8, 4) is 0 Å².